The van der Waals surface area contributed by atoms with E-state index in [4.69, 9.17) is 27.4 Å². The van der Waals surface area contributed by atoms with Gasteiger partial charge in [0.1, 0.15) is 18.1 Å². The van der Waals surface area contributed by atoms with E-state index in [-0.39, 0.29) is 6.42 Å². The maximum atomic E-state index is 12.5. The predicted molar refractivity (Wildman–Crippen MR) is 106 cm³/mol. The Kier molecular flexibility index (Phi) is 12.4. The molecule has 0 bridgehead atoms. The van der Waals surface area contributed by atoms with Gasteiger partial charge < -0.3 is 43.4 Å². The van der Waals surface area contributed by atoms with Crippen LogP contribution in [0.5, 0.6) is 0 Å². The minimum atomic E-state index is -1.57. The number of aliphatic carboxylic acids is 2. The second-order valence-corrected chi connectivity index (χ2v) is 6.85. The van der Waals surface area contributed by atoms with Crippen molar-refractivity contribution < 1.29 is 39.0 Å². The molecule has 4 unspecified atom stereocenters. The third kappa shape index (κ3) is 11.5. The quantitative estimate of drug-likeness (QED) is 0.114. The fraction of sp³-hybridized carbons (Fsp3) is 0.647. The lowest BCUT2D eigenvalue weighted by Gasteiger charge is -2.23. The van der Waals surface area contributed by atoms with E-state index in [9.17, 15) is 28.8 Å². The first-order chi connectivity index (χ1) is 14.4. The van der Waals surface area contributed by atoms with Crippen molar-refractivity contribution in [1.29, 1.82) is 0 Å². The summed E-state index contributed by atoms with van der Waals surface area (Å²) in [6.45, 7) is 1.61. The van der Waals surface area contributed by atoms with E-state index >= 15 is 0 Å². The van der Waals surface area contributed by atoms with Crippen molar-refractivity contribution in [3.63, 3.8) is 0 Å². The van der Waals surface area contributed by atoms with Crippen molar-refractivity contribution in [3.05, 3.63) is 0 Å². The van der Waals surface area contributed by atoms with Crippen molar-refractivity contribution in [2.24, 2.45) is 17.2 Å². The second kappa shape index (κ2) is 13.9. The zero-order valence-corrected chi connectivity index (χ0v) is 17.1. The number of unbranched alkanes of at least 4 members (excludes halogenated alkanes) is 1. The van der Waals surface area contributed by atoms with Crippen molar-refractivity contribution in [1.82, 2.24) is 16.0 Å². The van der Waals surface area contributed by atoms with E-state index in [0.717, 1.165) is 0 Å². The van der Waals surface area contributed by atoms with E-state index in [2.05, 4.69) is 16.0 Å². The highest BCUT2D eigenvalue weighted by Gasteiger charge is 2.29. The summed E-state index contributed by atoms with van der Waals surface area (Å²) in [6, 6.07) is -5.30. The van der Waals surface area contributed by atoms with Crippen LogP contribution in [0.4, 0.5) is 0 Å². The van der Waals surface area contributed by atoms with E-state index in [1.165, 1.54) is 6.92 Å². The number of carbonyl (C=O) groups excluding carboxylic acids is 4. The summed E-state index contributed by atoms with van der Waals surface area (Å²) in [5.41, 5.74) is 15.8. The molecule has 14 nitrogen and oxygen atoms in total. The van der Waals surface area contributed by atoms with Gasteiger partial charge in [0, 0.05) is 0 Å². The number of carbonyl (C=O) groups is 6. The van der Waals surface area contributed by atoms with Crippen molar-refractivity contribution in [2.75, 3.05) is 6.54 Å². The lowest BCUT2D eigenvalue weighted by atomic mass is 10.1. The SMILES string of the molecule is CC(NC(=O)C(CCCCN)NC(=O)C(N)CC(=O)O)C(=O)NC(CC(N)=O)C(=O)O. The summed E-state index contributed by atoms with van der Waals surface area (Å²) < 4.78 is 0. The standard InChI is InChI=1S/C17H30N6O8/c1-8(14(27)23-11(17(30)31)7-12(20)24)21-16(29)10(4-2-3-5-18)22-15(28)9(19)6-13(25)26/h8-11H,2-7,18-19H2,1H3,(H2,20,24)(H,21,29)(H,22,28)(H,23,27)(H,25,26)(H,30,31). The Morgan fingerprint density at radius 2 is 1.42 bits per heavy atom. The minimum absolute atomic E-state index is 0.141. The zero-order valence-electron chi connectivity index (χ0n) is 17.1. The van der Waals surface area contributed by atoms with Crippen LogP contribution in [0.15, 0.2) is 0 Å². The molecule has 0 saturated heterocycles. The Labute approximate surface area is 178 Å². The molecule has 0 aliphatic carbocycles. The Morgan fingerprint density at radius 3 is 1.90 bits per heavy atom. The van der Waals surface area contributed by atoms with Gasteiger partial charge in [-0.1, -0.05) is 0 Å². The molecule has 0 aliphatic heterocycles. The number of hydrogen-bond acceptors (Lipinski definition) is 8. The molecule has 0 aromatic carbocycles. The molecule has 176 valence electrons. The number of nitrogens with two attached hydrogens (primary N) is 3. The molecule has 0 saturated carbocycles. The molecular weight excluding hydrogens is 416 g/mol. The number of primary amides is 1. The Bertz CT molecular complexity index is 686. The molecule has 0 fully saturated rings. The fourth-order valence-electron chi connectivity index (χ4n) is 2.40. The lowest BCUT2D eigenvalue weighted by Crippen LogP contribution is -2.56. The highest BCUT2D eigenvalue weighted by atomic mass is 16.4. The van der Waals surface area contributed by atoms with Gasteiger partial charge in [0.25, 0.3) is 0 Å². The van der Waals surface area contributed by atoms with Crippen LogP contribution >= 0.6 is 0 Å². The van der Waals surface area contributed by atoms with Crippen LogP contribution in [0.25, 0.3) is 0 Å². The highest BCUT2D eigenvalue weighted by molar-refractivity contribution is 5.95. The summed E-state index contributed by atoms with van der Waals surface area (Å²) in [6.07, 6.45) is -0.144. The molecule has 14 heteroatoms. The van der Waals surface area contributed by atoms with Gasteiger partial charge in [-0.2, -0.15) is 0 Å². The van der Waals surface area contributed by atoms with Gasteiger partial charge >= 0.3 is 11.9 Å². The number of amides is 4. The molecule has 0 aliphatic rings. The summed E-state index contributed by atoms with van der Waals surface area (Å²) in [4.78, 5) is 69.5. The third-order valence-electron chi connectivity index (χ3n) is 4.08. The van der Waals surface area contributed by atoms with Crippen LogP contribution in [0.1, 0.15) is 39.0 Å². The Morgan fingerprint density at radius 1 is 0.839 bits per heavy atom. The van der Waals surface area contributed by atoms with Gasteiger partial charge in [0.2, 0.25) is 23.6 Å². The molecule has 0 heterocycles. The number of carboxylic acids is 2. The van der Waals surface area contributed by atoms with Crippen molar-refractivity contribution in [3.8, 4) is 0 Å². The van der Waals surface area contributed by atoms with E-state index < -0.39 is 72.6 Å². The van der Waals surface area contributed by atoms with E-state index in [1.807, 2.05) is 0 Å². The van der Waals surface area contributed by atoms with Gasteiger partial charge in [-0.25, -0.2) is 4.79 Å². The third-order valence-corrected chi connectivity index (χ3v) is 4.08. The molecule has 0 radical (unpaired) electrons. The van der Waals surface area contributed by atoms with Gasteiger partial charge in [-0.05, 0) is 32.7 Å². The zero-order chi connectivity index (χ0) is 24.1. The molecule has 4 amide bonds. The topological polar surface area (TPSA) is 257 Å². The summed E-state index contributed by atoms with van der Waals surface area (Å²) in [5, 5.41) is 24.5. The van der Waals surface area contributed by atoms with E-state index in [0.29, 0.717) is 19.4 Å². The van der Waals surface area contributed by atoms with Crippen LogP contribution in [0, 0.1) is 0 Å². The van der Waals surface area contributed by atoms with E-state index in [1.54, 1.807) is 0 Å². The second-order valence-electron chi connectivity index (χ2n) is 6.85. The first-order valence-electron chi connectivity index (χ1n) is 9.48. The van der Waals surface area contributed by atoms with Crippen LogP contribution < -0.4 is 33.2 Å². The molecule has 0 rings (SSSR count). The molecular formula is C17H30N6O8. The number of hydrogen-bond donors (Lipinski definition) is 8. The molecule has 31 heavy (non-hydrogen) atoms. The molecule has 11 N–H and O–H groups in total. The maximum absolute atomic E-state index is 12.5. The maximum Gasteiger partial charge on any atom is 0.326 e. The number of nitrogens with one attached hydrogen (secondary N) is 3. The average Bonchev–Trinajstić information content (AvgIpc) is 2.65. The number of rotatable bonds is 15. The summed E-state index contributed by atoms with van der Waals surface area (Å²) in [5.74, 6) is -6.23. The fourth-order valence-corrected chi connectivity index (χ4v) is 2.40. The Balaban J connectivity index is 5.10. The minimum Gasteiger partial charge on any atom is -0.481 e. The largest absolute Gasteiger partial charge is 0.481 e. The molecule has 0 aromatic heterocycles. The first-order valence-corrected chi connectivity index (χ1v) is 9.48. The van der Waals surface area contributed by atoms with Gasteiger partial charge in [0.15, 0.2) is 0 Å². The highest BCUT2D eigenvalue weighted by Crippen LogP contribution is 2.03. The van der Waals surface area contributed by atoms with Crippen LogP contribution in [-0.2, 0) is 28.8 Å². The smallest absolute Gasteiger partial charge is 0.326 e. The van der Waals surface area contributed by atoms with Crippen LogP contribution in [-0.4, -0.2) is 76.5 Å². The summed E-state index contributed by atoms with van der Waals surface area (Å²) >= 11 is 0. The van der Waals surface area contributed by atoms with Crippen molar-refractivity contribution >= 4 is 35.6 Å². The van der Waals surface area contributed by atoms with Crippen LogP contribution in [0.3, 0.4) is 0 Å². The lowest BCUT2D eigenvalue weighted by molar-refractivity contribution is -0.143. The summed E-state index contributed by atoms with van der Waals surface area (Å²) in [7, 11) is 0. The Hall–Kier alpha value is -3.26. The molecule has 0 aromatic rings. The van der Waals surface area contributed by atoms with Crippen molar-refractivity contribution in [2.45, 2.75) is 63.2 Å². The molecule has 0 spiro atoms. The predicted octanol–water partition coefficient (Wildman–Crippen LogP) is -3.65. The number of carboxylic acid groups (broad SMARTS) is 2. The van der Waals surface area contributed by atoms with Gasteiger partial charge in [0.05, 0.1) is 18.9 Å². The van der Waals surface area contributed by atoms with Gasteiger partial charge in [-0.3, -0.25) is 24.0 Å². The normalized spacial score (nSPS) is 14.4. The molecule has 4 atom stereocenters. The van der Waals surface area contributed by atoms with Crippen LogP contribution in [0.2, 0.25) is 0 Å². The monoisotopic (exact) mass is 446 g/mol. The first kappa shape index (κ1) is 27.7. The van der Waals surface area contributed by atoms with Gasteiger partial charge in [-0.15, -0.1) is 0 Å². The average molecular weight is 446 g/mol.